The first-order valence-corrected chi connectivity index (χ1v) is 2.08. The molecule has 0 saturated heterocycles. The molecule has 4 heteroatoms. The van der Waals surface area contributed by atoms with Gasteiger partial charge in [-0.1, -0.05) is 0 Å². The van der Waals surface area contributed by atoms with E-state index in [1.165, 1.54) is 18.6 Å². The van der Waals surface area contributed by atoms with Crippen LogP contribution in [0.3, 0.4) is 0 Å². The van der Waals surface area contributed by atoms with Gasteiger partial charge in [0.25, 0.3) is 5.56 Å². The van der Waals surface area contributed by atoms with Gasteiger partial charge in [-0.3, -0.25) is 4.79 Å². The smallest absolute Gasteiger partial charge is 0.271 e. The molecule has 0 aliphatic heterocycles. The number of hydrogen-bond donors (Lipinski definition) is 1. The Morgan fingerprint density at radius 2 is 2.50 bits per heavy atom. The molecule has 1 heterocycles. The number of hydrogen-bond acceptors (Lipinski definition) is 3. The van der Waals surface area contributed by atoms with E-state index in [4.69, 9.17) is 5.84 Å². The van der Waals surface area contributed by atoms with E-state index in [9.17, 15) is 4.79 Å². The Balaban J connectivity index is 3.35. The summed E-state index contributed by atoms with van der Waals surface area (Å²) in [5.74, 6) is 5.06. The van der Waals surface area contributed by atoms with E-state index < -0.39 is 0 Å². The van der Waals surface area contributed by atoms with Gasteiger partial charge < -0.3 is 5.84 Å². The number of nitrogen functional groups attached to an aromatic ring is 1. The molecule has 0 fully saturated rings. The van der Waals surface area contributed by atoms with Crippen molar-refractivity contribution in [2.45, 2.75) is 0 Å². The molecule has 0 saturated carbocycles. The molecule has 0 aromatic carbocycles. The fourth-order valence-electron chi connectivity index (χ4n) is 0.360. The first-order chi connectivity index (χ1) is 3.80. The van der Waals surface area contributed by atoms with Crippen LogP contribution in [0, 0.1) is 0 Å². The third-order valence-electron chi connectivity index (χ3n) is 0.749. The first-order valence-electron chi connectivity index (χ1n) is 2.08. The van der Waals surface area contributed by atoms with Gasteiger partial charge in [0.15, 0.2) is 0 Å². The van der Waals surface area contributed by atoms with Gasteiger partial charge in [-0.2, -0.15) is 0 Å². The Morgan fingerprint density at radius 1 is 1.75 bits per heavy atom. The van der Waals surface area contributed by atoms with Crippen LogP contribution in [0.25, 0.3) is 0 Å². The van der Waals surface area contributed by atoms with Crippen molar-refractivity contribution in [3.8, 4) is 0 Å². The predicted molar refractivity (Wildman–Crippen MR) is 28.6 cm³/mol. The molecule has 2 N–H and O–H groups in total. The Kier molecular flexibility index (Phi) is 0.997. The number of aromatic nitrogens is 2. The normalized spacial score (nSPS) is 9.00. The zero-order valence-corrected chi connectivity index (χ0v) is 4.11. The predicted octanol–water partition coefficient (Wildman–Crippen LogP) is -1.04. The second kappa shape index (κ2) is 1.65. The maximum atomic E-state index is 10.4. The van der Waals surface area contributed by atoms with Crippen LogP contribution in [0.5, 0.6) is 0 Å². The highest BCUT2D eigenvalue weighted by molar-refractivity contribution is 4.80. The molecule has 0 unspecified atom stereocenters. The fourth-order valence-corrected chi connectivity index (χ4v) is 0.360. The molecule has 42 valence electrons. The van der Waals surface area contributed by atoms with Crippen molar-refractivity contribution >= 4 is 0 Å². The highest BCUT2D eigenvalue weighted by atomic mass is 16.1. The Labute approximate surface area is 45.6 Å². The van der Waals surface area contributed by atoms with Crippen molar-refractivity contribution in [1.29, 1.82) is 0 Å². The SMILES string of the molecule is Nn1cnccc1=O. The largest absolute Gasteiger partial charge is 0.335 e. The molecular weight excluding hydrogens is 106 g/mol. The van der Waals surface area contributed by atoms with Crippen LogP contribution < -0.4 is 11.4 Å². The zero-order chi connectivity index (χ0) is 5.98. The maximum Gasteiger partial charge on any atom is 0.271 e. The molecule has 1 rings (SSSR count). The minimum Gasteiger partial charge on any atom is -0.335 e. The quantitative estimate of drug-likeness (QED) is 0.435. The van der Waals surface area contributed by atoms with Gasteiger partial charge >= 0.3 is 0 Å². The van der Waals surface area contributed by atoms with Crippen molar-refractivity contribution in [3.05, 3.63) is 28.9 Å². The summed E-state index contributed by atoms with van der Waals surface area (Å²) >= 11 is 0. The zero-order valence-electron chi connectivity index (χ0n) is 4.11. The number of nitrogens with two attached hydrogens (primary N) is 1. The summed E-state index contributed by atoms with van der Waals surface area (Å²) in [5, 5.41) is 0. The van der Waals surface area contributed by atoms with E-state index >= 15 is 0 Å². The van der Waals surface area contributed by atoms with E-state index in [1.807, 2.05) is 0 Å². The highest BCUT2D eigenvalue weighted by Gasteiger charge is 1.81. The molecule has 0 amide bonds. The van der Waals surface area contributed by atoms with Gasteiger partial charge in [-0.05, 0) is 0 Å². The van der Waals surface area contributed by atoms with Gasteiger partial charge in [0, 0.05) is 12.3 Å². The van der Waals surface area contributed by atoms with Crippen LogP contribution in [0.4, 0.5) is 0 Å². The van der Waals surface area contributed by atoms with E-state index in [0.29, 0.717) is 0 Å². The van der Waals surface area contributed by atoms with Crippen LogP contribution in [-0.4, -0.2) is 9.66 Å². The van der Waals surface area contributed by atoms with Gasteiger partial charge in [0.05, 0.1) is 0 Å². The molecule has 0 aliphatic carbocycles. The lowest BCUT2D eigenvalue weighted by Gasteiger charge is -1.88. The van der Waals surface area contributed by atoms with E-state index in [2.05, 4.69) is 4.98 Å². The minimum atomic E-state index is -0.250. The molecule has 0 bridgehead atoms. The minimum absolute atomic E-state index is 0.250. The summed E-state index contributed by atoms with van der Waals surface area (Å²) < 4.78 is 0.917. The van der Waals surface area contributed by atoms with Crippen molar-refractivity contribution in [3.63, 3.8) is 0 Å². The molecule has 1 aromatic heterocycles. The molecule has 0 spiro atoms. The van der Waals surface area contributed by atoms with Crippen molar-refractivity contribution in [1.82, 2.24) is 9.66 Å². The van der Waals surface area contributed by atoms with Crippen molar-refractivity contribution < 1.29 is 0 Å². The lowest BCUT2D eigenvalue weighted by Crippen LogP contribution is -2.25. The van der Waals surface area contributed by atoms with Gasteiger partial charge in [0.2, 0.25) is 0 Å². The average Bonchev–Trinajstić information content (AvgIpc) is 1.77. The topological polar surface area (TPSA) is 60.9 Å². The number of rotatable bonds is 0. The first kappa shape index (κ1) is 4.83. The monoisotopic (exact) mass is 111 g/mol. The summed E-state index contributed by atoms with van der Waals surface area (Å²) in [5.41, 5.74) is -0.250. The van der Waals surface area contributed by atoms with Crippen molar-refractivity contribution in [2.24, 2.45) is 0 Å². The summed E-state index contributed by atoms with van der Waals surface area (Å²) in [4.78, 5) is 14.0. The standard InChI is InChI=1S/C4H5N3O/c5-7-3-6-2-1-4(7)8/h1-3H,5H2. The molecule has 1 aromatic rings. The second-order valence-electron chi connectivity index (χ2n) is 1.33. The maximum absolute atomic E-state index is 10.4. The lowest BCUT2D eigenvalue weighted by molar-refractivity contribution is 0.890. The van der Waals surface area contributed by atoms with Crippen LogP contribution in [0.15, 0.2) is 23.4 Å². The van der Waals surface area contributed by atoms with Crippen LogP contribution in [0.2, 0.25) is 0 Å². The number of nitrogens with zero attached hydrogens (tertiary/aromatic N) is 2. The fraction of sp³-hybridized carbons (Fsp3) is 0. The molecule has 4 nitrogen and oxygen atoms in total. The second-order valence-corrected chi connectivity index (χ2v) is 1.33. The van der Waals surface area contributed by atoms with Gasteiger partial charge in [-0.15, -0.1) is 0 Å². The Hall–Kier alpha value is -1.32. The third kappa shape index (κ3) is 0.676. The molecule has 0 atom stereocenters. The van der Waals surface area contributed by atoms with E-state index in [0.717, 1.165) is 4.68 Å². The lowest BCUT2D eigenvalue weighted by atomic mass is 10.7. The summed E-state index contributed by atoms with van der Waals surface area (Å²) in [6.07, 6.45) is 2.65. The van der Waals surface area contributed by atoms with E-state index in [1.54, 1.807) is 0 Å². The average molecular weight is 111 g/mol. The summed E-state index contributed by atoms with van der Waals surface area (Å²) in [6, 6.07) is 1.29. The Morgan fingerprint density at radius 3 is 2.88 bits per heavy atom. The summed E-state index contributed by atoms with van der Waals surface area (Å²) in [6.45, 7) is 0. The van der Waals surface area contributed by atoms with Gasteiger partial charge in [0.1, 0.15) is 6.33 Å². The molecule has 0 aliphatic rings. The van der Waals surface area contributed by atoms with Crippen LogP contribution >= 0.6 is 0 Å². The third-order valence-corrected chi connectivity index (χ3v) is 0.749. The van der Waals surface area contributed by atoms with Crippen molar-refractivity contribution in [2.75, 3.05) is 5.84 Å². The van der Waals surface area contributed by atoms with E-state index in [-0.39, 0.29) is 5.56 Å². The Bertz CT molecular complexity index is 229. The molecule has 8 heavy (non-hydrogen) atoms. The summed E-state index contributed by atoms with van der Waals surface area (Å²) in [7, 11) is 0. The molecular formula is C4H5N3O. The van der Waals surface area contributed by atoms with Gasteiger partial charge in [-0.25, -0.2) is 9.66 Å². The van der Waals surface area contributed by atoms with Crippen LogP contribution in [0.1, 0.15) is 0 Å². The highest BCUT2D eigenvalue weighted by Crippen LogP contribution is 1.62. The van der Waals surface area contributed by atoms with Crippen LogP contribution in [-0.2, 0) is 0 Å². The molecule has 0 radical (unpaired) electrons.